The van der Waals surface area contributed by atoms with Gasteiger partial charge < -0.3 is 10.0 Å². The van der Waals surface area contributed by atoms with Crippen molar-refractivity contribution in [3.05, 3.63) is 35.4 Å². The van der Waals surface area contributed by atoms with Crippen LogP contribution in [0.15, 0.2) is 18.2 Å². The molecular formula is C16H21F2NO2. The van der Waals surface area contributed by atoms with Crippen LogP contribution in [0, 0.1) is 11.6 Å². The van der Waals surface area contributed by atoms with E-state index in [4.69, 9.17) is 0 Å². The minimum absolute atomic E-state index is 0.168. The number of rotatable bonds is 3. The number of aliphatic hydroxyl groups is 1. The van der Waals surface area contributed by atoms with Crippen molar-refractivity contribution in [3.63, 3.8) is 0 Å². The normalized spacial score (nSPS) is 21.0. The van der Waals surface area contributed by atoms with Crippen LogP contribution < -0.4 is 0 Å². The molecule has 1 heterocycles. The minimum atomic E-state index is -0.833. The van der Waals surface area contributed by atoms with Crippen molar-refractivity contribution in [2.24, 2.45) is 0 Å². The van der Waals surface area contributed by atoms with Gasteiger partial charge in [-0.25, -0.2) is 8.78 Å². The lowest BCUT2D eigenvalue weighted by Gasteiger charge is -2.31. The lowest BCUT2D eigenvalue weighted by molar-refractivity contribution is 0.0598. The molecule has 0 radical (unpaired) electrons. The Bertz CT molecular complexity index is 485. The Labute approximate surface area is 123 Å². The van der Waals surface area contributed by atoms with E-state index in [1.807, 2.05) is 0 Å². The van der Waals surface area contributed by atoms with E-state index in [0.29, 0.717) is 13.0 Å². The molecule has 0 saturated carbocycles. The maximum atomic E-state index is 13.8. The molecule has 1 saturated heterocycles. The van der Waals surface area contributed by atoms with Gasteiger partial charge in [-0.15, -0.1) is 0 Å². The third-order valence-electron chi connectivity index (χ3n) is 3.93. The first kappa shape index (κ1) is 15.9. The molecule has 3 nitrogen and oxygen atoms in total. The van der Waals surface area contributed by atoms with Crippen molar-refractivity contribution < 1.29 is 18.7 Å². The average molecular weight is 297 g/mol. The molecule has 2 unspecified atom stereocenters. The minimum Gasteiger partial charge on any atom is -0.393 e. The van der Waals surface area contributed by atoms with Crippen LogP contribution in [0.5, 0.6) is 0 Å². The molecule has 5 heteroatoms. The molecule has 1 amide bonds. The number of amides is 1. The molecule has 116 valence electrons. The van der Waals surface area contributed by atoms with Crippen molar-refractivity contribution in [1.82, 2.24) is 4.90 Å². The summed E-state index contributed by atoms with van der Waals surface area (Å²) < 4.78 is 27.6. The van der Waals surface area contributed by atoms with E-state index in [1.165, 1.54) is 11.0 Å². The SMILES string of the molecule is CC(O)CC1CCCCCN1C(=O)c1c(F)cccc1F. The third kappa shape index (κ3) is 3.79. The maximum absolute atomic E-state index is 13.8. The van der Waals surface area contributed by atoms with Gasteiger partial charge in [-0.05, 0) is 38.3 Å². The first-order valence-electron chi connectivity index (χ1n) is 7.43. The topological polar surface area (TPSA) is 40.5 Å². The number of halogens is 2. The van der Waals surface area contributed by atoms with E-state index >= 15 is 0 Å². The Balaban J connectivity index is 2.29. The second-order valence-electron chi connectivity index (χ2n) is 5.68. The van der Waals surface area contributed by atoms with E-state index < -0.39 is 29.2 Å². The molecule has 1 N–H and O–H groups in total. The lowest BCUT2D eigenvalue weighted by Crippen LogP contribution is -2.42. The van der Waals surface area contributed by atoms with Crippen LogP contribution in [0.1, 0.15) is 49.4 Å². The van der Waals surface area contributed by atoms with Crippen LogP contribution in [0.4, 0.5) is 8.78 Å². The van der Waals surface area contributed by atoms with Crippen molar-refractivity contribution >= 4 is 5.91 Å². The number of hydrogen-bond donors (Lipinski definition) is 1. The summed E-state index contributed by atoms with van der Waals surface area (Å²) in [7, 11) is 0. The first-order chi connectivity index (χ1) is 10.0. The summed E-state index contributed by atoms with van der Waals surface area (Å²) in [6.07, 6.45) is 3.40. The molecule has 1 aromatic rings. The fourth-order valence-corrected chi connectivity index (χ4v) is 2.93. The summed E-state index contributed by atoms with van der Waals surface area (Å²) in [5, 5.41) is 9.59. The fraction of sp³-hybridized carbons (Fsp3) is 0.562. The van der Waals surface area contributed by atoms with Gasteiger partial charge in [0.1, 0.15) is 17.2 Å². The molecule has 1 fully saturated rings. The van der Waals surface area contributed by atoms with Gasteiger partial charge >= 0.3 is 0 Å². The van der Waals surface area contributed by atoms with Crippen molar-refractivity contribution in [2.45, 2.75) is 51.2 Å². The zero-order valence-electron chi connectivity index (χ0n) is 12.2. The first-order valence-corrected chi connectivity index (χ1v) is 7.43. The molecule has 0 spiro atoms. The zero-order chi connectivity index (χ0) is 15.4. The monoisotopic (exact) mass is 297 g/mol. The Morgan fingerprint density at radius 3 is 2.62 bits per heavy atom. The number of likely N-dealkylation sites (tertiary alicyclic amines) is 1. The maximum Gasteiger partial charge on any atom is 0.260 e. The molecular weight excluding hydrogens is 276 g/mol. The van der Waals surface area contributed by atoms with Crippen LogP contribution >= 0.6 is 0 Å². The quantitative estimate of drug-likeness (QED) is 0.931. The lowest BCUT2D eigenvalue weighted by atomic mass is 10.0. The van der Waals surface area contributed by atoms with Gasteiger partial charge in [-0.1, -0.05) is 18.9 Å². The van der Waals surface area contributed by atoms with Crippen molar-refractivity contribution in [1.29, 1.82) is 0 Å². The van der Waals surface area contributed by atoms with E-state index in [0.717, 1.165) is 37.8 Å². The largest absolute Gasteiger partial charge is 0.393 e. The summed E-state index contributed by atoms with van der Waals surface area (Å²) in [5.41, 5.74) is -0.491. The van der Waals surface area contributed by atoms with Gasteiger partial charge in [-0.2, -0.15) is 0 Å². The smallest absolute Gasteiger partial charge is 0.260 e. The molecule has 0 aromatic heterocycles. The molecule has 1 aromatic carbocycles. The second-order valence-corrected chi connectivity index (χ2v) is 5.68. The summed E-state index contributed by atoms with van der Waals surface area (Å²) in [4.78, 5) is 14.1. The van der Waals surface area contributed by atoms with Crippen molar-refractivity contribution in [2.75, 3.05) is 6.54 Å². The van der Waals surface area contributed by atoms with Crippen LogP contribution in [-0.4, -0.2) is 34.6 Å². The highest BCUT2D eigenvalue weighted by Gasteiger charge is 2.30. The molecule has 2 rings (SSSR count). The third-order valence-corrected chi connectivity index (χ3v) is 3.93. The van der Waals surface area contributed by atoms with E-state index in [9.17, 15) is 18.7 Å². The predicted octanol–water partition coefficient (Wildman–Crippen LogP) is 3.12. The number of hydrogen-bond acceptors (Lipinski definition) is 2. The van der Waals surface area contributed by atoms with E-state index in [2.05, 4.69) is 0 Å². The number of benzene rings is 1. The number of nitrogens with zero attached hydrogens (tertiary/aromatic N) is 1. The van der Waals surface area contributed by atoms with E-state index in [1.54, 1.807) is 6.92 Å². The molecule has 1 aliphatic heterocycles. The molecule has 1 aliphatic rings. The Morgan fingerprint density at radius 1 is 1.33 bits per heavy atom. The van der Waals surface area contributed by atoms with Crippen LogP contribution in [0.25, 0.3) is 0 Å². The predicted molar refractivity (Wildman–Crippen MR) is 75.9 cm³/mol. The van der Waals surface area contributed by atoms with E-state index in [-0.39, 0.29) is 6.04 Å². The summed E-state index contributed by atoms with van der Waals surface area (Å²) in [5.74, 6) is -2.28. The van der Waals surface area contributed by atoms with Gasteiger partial charge in [0.05, 0.1) is 6.10 Å². The number of carbonyl (C=O) groups is 1. The fourth-order valence-electron chi connectivity index (χ4n) is 2.93. The number of aliphatic hydroxyl groups excluding tert-OH is 1. The highest BCUT2D eigenvalue weighted by molar-refractivity contribution is 5.95. The Kier molecular flexibility index (Phi) is 5.28. The van der Waals surface area contributed by atoms with Gasteiger partial charge in [0.15, 0.2) is 0 Å². The van der Waals surface area contributed by atoms with Crippen LogP contribution in [0.2, 0.25) is 0 Å². The molecule has 2 atom stereocenters. The zero-order valence-corrected chi connectivity index (χ0v) is 12.2. The standard InChI is InChI=1S/C16H21F2NO2/c1-11(20)10-12-6-3-2-4-9-19(12)16(21)15-13(17)7-5-8-14(15)18/h5,7-8,11-12,20H,2-4,6,9-10H2,1H3. The van der Waals surface area contributed by atoms with Gasteiger partial charge in [0, 0.05) is 12.6 Å². The Morgan fingerprint density at radius 2 is 2.00 bits per heavy atom. The highest BCUT2D eigenvalue weighted by Crippen LogP contribution is 2.24. The highest BCUT2D eigenvalue weighted by atomic mass is 19.1. The van der Waals surface area contributed by atoms with Crippen LogP contribution in [0.3, 0.4) is 0 Å². The van der Waals surface area contributed by atoms with Gasteiger partial charge in [-0.3, -0.25) is 4.79 Å². The van der Waals surface area contributed by atoms with Crippen LogP contribution in [-0.2, 0) is 0 Å². The number of carbonyl (C=O) groups excluding carboxylic acids is 1. The molecule has 0 aliphatic carbocycles. The molecule has 21 heavy (non-hydrogen) atoms. The van der Waals surface area contributed by atoms with Gasteiger partial charge in [0.25, 0.3) is 5.91 Å². The van der Waals surface area contributed by atoms with Crippen molar-refractivity contribution in [3.8, 4) is 0 Å². The summed E-state index contributed by atoms with van der Waals surface area (Å²) in [6, 6.07) is 3.27. The second kappa shape index (κ2) is 6.98. The van der Waals surface area contributed by atoms with Gasteiger partial charge in [0.2, 0.25) is 0 Å². The summed E-state index contributed by atoms with van der Waals surface area (Å²) >= 11 is 0. The molecule has 0 bridgehead atoms. The average Bonchev–Trinajstić information content (AvgIpc) is 2.63. The Hall–Kier alpha value is -1.49. The summed E-state index contributed by atoms with van der Waals surface area (Å²) in [6.45, 7) is 2.14.